The number of hydrogen-bond donors (Lipinski definition) is 2. The van der Waals surface area contributed by atoms with Gasteiger partial charge in [-0.25, -0.2) is 9.97 Å². The van der Waals surface area contributed by atoms with Gasteiger partial charge < -0.3 is 5.32 Å². The Morgan fingerprint density at radius 2 is 2.39 bits per heavy atom. The van der Waals surface area contributed by atoms with Gasteiger partial charge in [0.15, 0.2) is 0 Å². The van der Waals surface area contributed by atoms with Crippen LogP contribution >= 0.6 is 34.4 Å². The van der Waals surface area contributed by atoms with Crippen molar-refractivity contribution in [2.24, 2.45) is 0 Å². The number of hydrogen-bond acceptors (Lipinski definition) is 5. The van der Waals surface area contributed by atoms with Crippen LogP contribution in [0.5, 0.6) is 0 Å². The maximum Gasteiger partial charge on any atom is 0.236 e. The Morgan fingerprint density at radius 1 is 1.56 bits per heavy atom. The fourth-order valence-electron chi connectivity index (χ4n) is 1.15. The van der Waals surface area contributed by atoms with Crippen LogP contribution in [0.4, 0.5) is 5.82 Å². The van der Waals surface area contributed by atoms with E-state index in [9.17, 15) is 4.79 Å². The maximum absolute atomic E-state index is 11.6. The molecule has 8 heteroatoms. The molecule has 0 saturated carbocycles. The first-order valence-electron chi connectivity index (χ1n) is 5.07. The summed E-state index contributed by atoms with van der Waals surface area (Å²) in [6.07, 6.45) is 1.70. The van der Waals surface area contributed by atoms with Crippen molar-refractivity contribution in [3.8, 4) is 0 Å². The minimum absolute atomic E-state index is 0.129. The van der Waals surface area contributed by atoms with E-state index in [2.05, 4.69) is 48.1 Å². The Kier molecular flexibility index (Phi) is 4.53. The number of halogens is 1. The number of nitrogens with zero attached hydrogens (tertiary/aromatic N) is 3. The number of nitrogens with one attached hydrogen (secondary N) is 2. The molecule has 1 amide bonds. The predicted molar refractivity (Wildman–Crippen MR) is 77.4 cm³/mol. The van der Waals surface area contributed by atoms with Crippen molar-refractivity contribution in [2.75, 3.05) is 11.1 Å². The van der Waals surface area contributed by atoms with Gasteiger partial charge in [-0.2, -0.15) is 0 Å². The number of aromatic amines is 1. The Bertz CT molecular complexity index is 541. The molecule has 0 bridgehead atoms. The Balaban J connectivity index is 1.83. The van der Waals surface area contributed by atoms with Crippen molar-refractivity contribution in [1.29, 1.82) is 0 Å². The molecule has 2 rings (SSSR count). The Morgan fingerprint density at radius 3 is 3.00 bits per heavy atom. The van der Waals surface area contributed by atoms with Gasteiger partial charge in [-0.15, -0.1) is 5.10 Å². The molecule has 0 unspecified atom stereocenters. The number of carbonyl (C=O) groups is 1. The molecule has 2 aromatic heterocycles. The lowest BCUT2D eigenvalue weighted by Crippen LogP contribution is -2.15. The number of carbonyl (C=O) groups excluding carboxylic acids is 1. The zero-order valence-corrected chi connectivity index (χ0v) is 12.4. The van der Waals surface area contributed by atoms with Gasteiger partial charge in [-0.3, -0.25) is 9.89 Å². The molecular formula is C10H10IN5OS. The molecule has 0 aliphatic carbocycles. The summed E-state index contributed by atoms with van der Waals surface area (Å²) in [7, 11) is 0. The van der Waals surface area contributed by atoms with Crippen molar-refractivity contribution in [1.82, 2.24) is 20.2 Å². The summed E-state index contributed by atoms with van der Waals surface area (Å²) >= 11 is 3.43. The van der Waals surface area contributed by atoms with Gasteiger partial charge >= 0.3 is 0 Å². The standard InChI is InChI=1S/C10H10IN5OS/c1-6-13-10(16-15-6)18-5-9(17)14-8-3-2-7(11)4-12-8/h2-4H,5H2,1H3,(H,12,14,17)(H,13,15,16). The highest BCUT2D eigenvalue weighted by Crippen LogP contribution is 2.13. The molecule has 0 aromatic carbocycles. The van der Waals surface area contributed by atoms with Gasteiger partial charge in [0.1, 0.15) is 11.6 Å². The molecule has 2 aromatic rings. The third-order valence-electron chi connectivity index (χ3n) is 1.90. The van der Waals surface area contributed by atoms with Crippen LogP contribution in [0.3, 0.4) is 0 Å². The fourth-order valence-corrected chi connectivity index (χ4v) is 2.11. The quantitative estimate of drug-likeness (QED) is 0.630. The summed E-state index contributed by atoms with van der Waals surface area (Å²) in [6.45, 7) is 1.81. The first-order chi connectivity index (χ1) is 8.63. The van der Waals surface area contributed by atoms with Crippen molar-refractivity contribution in [3.05, 3.63) is 27.7 Å². The number of pyridine rings is 1. The van der Waals surface area contributed by atoms with Crippen molar-refractivity contribution >= 4 is 46.1 Å². The van der Waals surface area contributed by atoms with Crippen LogP contribution in [0, 0.1) is 10.5 Å². The lowest BCUT2D eigenvalue weighted by Gasteiger charge is -2.02. The molecule has 2 heterocycles. The lowest BCUT2D eigenvalue weighted by molar-refractivity contribution is -0.113. The van der Waals surface area contributed by atoms with Gasteiger partial charge in [0.25, 0.3) is 0 Å². The number of amides is 1. The van der Waals surface area contributed by atoms with Crippen LogP contribution in [-0.4, -0.2) is 31.8 Å². The maximum atomic E-state index is 11.6. The van der Waals surface area contributed by atoms with Crippen molar-refractivity contribution in [2.45, 2.75) is 12.1 Å². The van der Waals surface area contributed by atoms with Gasteiger partial charge in [0, 0.05) is 9.77 Å². The second kappa shape index (κ2) is 6.14. The average molecular weight is 375 g/mol. The molecule has 94 valence electrons. The average Bonchev–Trinajstić information content (AvgIpc) is 2.76. The topological polar surface area (TPSA) is 83.6 Å². The van der Waals surface area contributed by atoms with E-state index in [-0.39, 0.29) is 11.7 Å². The minimum atomic E-state index is -0.129. The molecular weight excluding hydrogens is 365 g/mol. The number of aromatic nitrogens is 4. The van der Waals surface area contributed by atoms with E-state index in [1.54, 1.807) is 12.3 Å². The number of thioether (sulfide) groups is 1. The summed E-state index contributed by atoms with van der Waals surface area (Å²) in [5, 5.41) is 9.93. The predicted octanol–water partition coefficient (Wildman–Crippen LogP) is 1.84. The normalized spacial score (nSPS) is 10.3. The van der Waals surface area contributed by atoms with Crippen LogP contribution in [-0.2, 0) is 4.79 Å². The lowest BCUT2D eigenvalue weighted by atomic mass is 10.4. The first kappa shape index (κ1) is 13.3. The minimum Gasteiger partial charge on any atom is -0.310 e. The first-order valence-corrected chi connectivity index (χ1v) is 7.13. The fraction of sp³-hybridized carbons (Fsp3) is 0.200. The van der Waals surface area contributed by atoms with Crippen LogP contribution in [0.15, 0.2) is 23.5 Å². The molecule has 0 spiro atoms. The highest BCUT2D eigenvalue weighted by Gasteiger charge is 2.07. The van der Waals surface area contributed by atoms with E-state index in [1.165, 1.54) is 11.8 Å². The van der Waals surface area contributed by atoms with E-state index >= 15 is 0 Å². The van der Waals surface area contributed by atoms with E-state index in [0.29, 0.717) is 11.0 Å². The van der Waals surface area contributed by atoms with Gasteiger partial charge in [-0.05, 0) is 41.6 Å². The van der Waals surface area contributed by atoms with Gasteiger partial charge in [0.2, 0.25) is 11.1 Å². The molecule has 6 nitrogen and oxygen atoms in total. The van der Waals surface area contributed by atoms with E-state index in [0.717, 1.165) is 9.39 Å². The smallest absolute Gasteiger partial charge is 0.236 e. The molecule has 2 N–H and O–H groups in total. The summed E-state index contributed by atoms with van der Waals surface area (Å²) in [4.78, 5) is 19.8. The number of H-pyrrole nitrogens is 1. The molecule has 0 aliphatic heterocycles. The zero-order valence-electron chi connectivity index (χ0n) is 9.48. The van der Waals surface area contributed by atoms with E-state index < -0.39 is 0 Å². The second-order valence-corrected chi connectivity index (χ2v) is 5.59. The number of rotatable bonds is 4. The summed E-state index contributed by atoms with van der Waals surface area (Å²) in [5.41, 5.74) is 0. The molecule has 0 saturated heterocycles. The molecule has 0 fully saturated rings. The van der Waals surface area contributed by atoms with Gasteiger partial charge in [0.05, 0.1) is 5.75 Å². The summed E-state index contributed by atoms with van der Waals surface area (Å²) < 4.78 is 1.02. The third-order valence-corrected chi connectivity index (χ3v) is 3.39. The highest BCUT2D eigenvalue weighted by molar-refractivity contribution is 14.1. The van der Waals surface area contributed by atoms with Crippen molar-refractivity contribution < 1.29 is 4.79 Å². The van der Waals surface area contributed by atoms with Crippen LogP contribution in [0.2, 0.25) is 0 Å². The third kappa shape index (κ3) is 3.95. The summed E-state index contributed by atoms with van der Waals surface area (Å²) in [6, 6.07) is 3.65. The highest BCUT2D eigenvalue weighted by atomic mass is 127. The Labute approximate surface area is 122 Å². The molecule has 0 radical (unpaired) electrons. The monoisotopic (exact) mass is 375 g/mol. The SMILES string of the molecule is Cc1nc(SCC(=O)Nc2ccc(I)cn2)n[nH]1. The van der Waals surface area contributed by atoms with Crippen molar-refractivity contribution in [3.63, 3.8) is 0 Å². The molecule has 0 atom stereocenters. The number of anilines is 1. The largest absolute Gasteiger partial charge is 0.310 e. The Hall–Kier alpha value is -1.16. The van der Waals surface area contributed by atoms with E-state index in [1.807, 2.05) is 13.0 Å². The zero-order chi connectivity index (χ0) is 13.0. The molecule has 0 aliphatic rings. The molecule has 18 heavy (non-hydrogen) atoms. The summed E-state index contributed by atoms with van der Waals surface area (Å²) in [5.74, 6) is 1.41. The second-order valence-electron chi connectivity index (χ2n) is 3.40. The number of aryl methyl sites for hydroxylation is 1. The van der Waals surface area contributed by atoms with E-state index in [4.69, 9.17) is 0 Å². The van der Waals surface area contributed by atoms with Gasteiger partial charge in [-0.1, -0.05) is 11.8 Å². The van der Waals surface area contributed by atoms with Crippen LogP contribution in [0.25, 0.3) is 0 Å². The van der Waals surface area contributed by atoms with Crippen LogP contribution < -0.4 is 5.32 Å². The van der Waals surface area contributed by atoms with Crippen LogP contribution in [0.1, 0.15) is 5.82 Å².